The van der Waals surface area contributed by atoms with Crippen LogP contribution in [0.5, 0.6) is 0 Å². The molecule has 1 aliphatic rings. The number of ketones is 1. The SMILES string of the molecule is Brc1cccc2c1ccc1c(-c3ccc4ccccc4c3)cccc12.CC1=C(C)c2ccc3c(ccc4c(-c5ccc6ccccc6c5)cccc43)c2C1.CCC(C)=O.NC=C(c1ccccc1)c1ccccc1.[Pd].c1ccc(C(=NNc2cccc3c2ccc2c(-c4ccc5ccccc5c4)cccc23)c2ccccc2)cc1. The van der Waals surface area contributed by atoms with Gasteiger partial charge in [-0.2, -0.15) is 5.10 Å². The second kappa shape index (κ2) is 35.2. The molecular formula is C108H84BrN3OPd. The smallest absolute Gasteiger partial charge is 0.129 e. The van der Waals surface area contributed by atoms with E-state index in [4.69, 9.17) is 10.8 Å². The topological polar surface area (TPSA) is 67.5 Å². The number of fused-ring (bicyclic) bond motifs is 14. The third-order valence-electron chi connectivity index (χ3n) is 21.8. The van der Waals surface area contributed by atoms with Crippen LogP contribution in [-0.2, 0) is 31.6 Å². The Kier molecular flexibility index (Phi) is 23.6. The van der Waals surface area contributed by atoms with E-state index in [1.165, 1.54) is 147 Å². The van der Waals surface area contributed by atoms with Gasteiger partial charge in [-0.05, 0) is 210 Å². The van der Waals surface area contributed by atoms with Crippen molar-refractivity contribution < 1.29 is 25.2 Å². The Morgan fingerprint density at radius 2 is 0.684 bits per heavy atom. The number of rotatable bonds is 10. The molecule has 0 atom stereocenters. The molecule has 3 N–H and O–H groups in total. The van der Waals surface area contributed by atoms with Gasteiger partial charge in [0, 0.05) is 59.6 Å². The normalized spacial score (nSPS) is 11.3. The molecule has 0 saturated heterocycles. The molecule has 0 aliphatic heterocycles. The van der Waals surface area contributed by atoms with Gasteiger partial charge in [0.1, 0.15) is 5.78 Å². The van der Waals surface area contributed by atoms with Crippen LogP contribution in [0.2, 0.25) is 0 Å². The van der Waals surface area contributed by atoms with Gasteiger partial charge in [0.25, 0.3) is 0 Å². The first-order valence-corrected chi connectivity index (χ1v) is 39.5. The molecule has 114 heavy (non-hydrogen) atoms. The molecule has 19 aromatic rings. The summed E-state index contributed by atoms with van der Waals surface area (Å²) < 4.78 is 1.14. The molecule has 0 unspecified atom stereocenters. The number of Topliss-reactive ketones (excluding diaryl/α,β-unsaturated/α-hetero) is 1. The molecule has 0 radical (unpaired) electrons. The van der Waals surface area contributed by atoms with Crippen molar-refractivity contribution >= 4 is 141 Å². The predicted octanol–water partition coefficient (Wildman–Crippen LogP) is 29.4. The number of allylic oxidation sites excluding steroid dienone is 2. The molecule has 6 heteroatoms. The van der Waals surface area contributed by atoms with Gasteiger partial charge in [0.15, 0.2) is 0 Å². The number of hydrogen-bond acceptors (Lipinski definition) is 4. The molecule has 4 nitrogen and oxygen atoms in total. The molecule has 0 saturated carbocycles. The van der Waals surface area contributed by atoms with Crippen LogP contribution < -0.4 is 11.2 Å². The minimum Gasteiger partial charge on any atom is -0.404 e. The number of anilines is 1. The van der Waals surface area contributed by atoms with E-state index in [0.29, 0.717) is 6.42 Å². The Balaban J connectivity index is 0.000000122. The molecule has 0 amide bonds. The second-order valence-electron chi connectivity index (χ2n) is 28.8. The largest absolute Gasteiger partial charge is 0.404 e. The number of nitrogens with one attached hydrogen (secondary N) is 1. The Morgan fingerprint density at radius 3 is 1.11 bits per heavy atom. The van der Waals surface area contributed by atoms with Gasteiger partial charge in [0.05, 0.1) is 11.4 Å². The van der Waals surface area contributed by atoms with Gasteiger partial charge in [-0.15, -0.1) is 0 Å². The van der Waals surface area contributed by atoms with Crippen LogP contribution in [0.15, 0.2) is 410 Å². The van der Waals surface area contributed by atoms with Crippen LogP contribution in [0.1, 0.15) is 67.5 Å². The summed E-state index contributed by atoms with van der Waals surface area (Å²) in [5, 5.41) is 28.0. The first-order chi connectivity index (χ1) is 55.5. The van der Waals surface area contributed by atoms with Gasteiger partial charge in [0.2, 0.25) is 0 Å². The van der Waals surface area contributed by atoms with Crippen LogP contribution in [0, 0.1) is 0 Å². The third-order valence-corrected chi connectivity index (χ3v) is 22.5. The molecular weight excluding hydrogens is 1540 g/mol. The quantitative estimate of drug-likeness (QED) is 0.0621. The first-order valence-electron chi connectivity index (χ1n) is 38.7. The van der Waals surface area contributed by atoms with Crippen LogP contribution in [-0.4, -0.2) is 11.5 Å². The van der Waals surface area contributed by atoms with Crippen molar-refractivity contribution in [2.24, 2.45) is 10.8 Å². The number of halogens is 1. The molecule has 19 aromatic carbocycles. The molecule has 0 aromatic heterocycles. The van der Waals surface area contributed by atoms with Gasteiger partial charge in [-0.1, -0.05) is 386 Å². The Morgan fingerprint density at radius 1 is 0.351 bits per heavy atom. The fourth-order valence-electron chi connectivity index (χ4n) is 15.7. The second-order valence-corrected chi connectivity index (χ2v) is 29.6. The summed E-state index contributed by atoms with van der Waals surface area (Å²) in [6, 6.07) is 138. The Bertz CT molecular complexity index is 6770. The summed E-state index contributed by atoms with van der Waals surface area (Å²) in [6.45, 7) is 7.95. The predicted molar refractivity (Wildman–Crippen MR) is 490 cm³/mol. The summed E-state index contributed by atoms with van der Waals surface area (Å²) in [5.41, 5.74) is 29.9. The monoisotopic (exact) mass is 1620 g/mol. The van der Waals surface area contributed by atoms with E-state index in [2.05, 4.69) is 351 Å². The molecule has 0 bridgehead atoms. The summed E-state index contributed by atoms with van der Waals surface area (Å²) in [5.74, 6) is 0.255. The fourth-order valence-corrected chi connectivity index (χ4v) is 16.2. The molecule has 0 heterocycles. The van der Waals surface area contributed by atoms with E-state index in [0.717, 1.165) is 55.5 Å². The number of benzene rings is 19. The van der Waals surface area contributed by atoms with Crippen molar-refractivity contribution in [3.63, 3.8) is 0 Å². The van der Waals surface area contributed by atoms with Crippen LogP contribution >= 0.6 is 15.9 Å². The Labute approximate surface area is 689 Å². The zero-order chi connectivity index (χ0) is 77.2. The van der Waals surface area contributed by atoms with Crippen molar-refractivity contribution in [1.29, 1.82) is 0 Å². The fraction of sp³-hybridized carbons (Fsp3) is 0.0556. The number of carbonyl (C=O) groups excluding carboxylic acids is 1. The maximum absolute atomic E-state index is 9.81. The van der Waals surface area contributed by atoms with E-state index in [-0.39, 0.29) is 26.2 Å². The standard InChI is InChI=1S/C37H26N2.C29H22.C24H15Br.C14H13N.C4H8O.Pd/c1-3-12-27(13-4-1)37(28-14-5-2-6-15-28)39-38-36-20-10-19-33-32-18-9-17-31(34(32)23-24-35(33)36)30-22-21-26-11-7-8-16-29(26)25-30;1-18-16-29-23(19(18)2)12-13-27-25-9-5-8-24(26(25)14-15-28(27)29)22-11-10-20-6-3-4-7-21(20)17-22;25-24-10-4-9-21-20-8-3-7-19(22(20)13-14-23(21)24)18-12-11-16-5-1-2-6-17(16)15-18;15-11-14(12-7-3-1-4-8-12)13-9-5-2-6-10-13;1-3-4(2)5;/h1-25,38H;3-15,17H,16H2,1-2H3;1-15H;1-11H,15H2;3H2,1-2H3;. The van der Waals surface area contributed by atoms with Crippen molar-refractivity contribution in [2.45, 2.75) is 40.5 Å². The average Bonchev–Trinajstić information content (AvgIpc) is 1.20. The van der Waals surface area contributed by atoms with Gasteiger partial charge < -0.3 is 10.5 Å². The van der Waals surface area contributed by atoms with E-state index >= 15 is 0 Å². The van der Waals surface area contributed by atoms with Crippen molar-refractivity contribution in [2.75, 3.05) is 5.43 Å². The summed E-state index contributed by atoms with van der Waals surface area (Å²) in [4.78, 5) is 9.81. The van der Waals surface area contributed by atoms with Crippen molar-refractivity contribution in [1.82, 2.24) is 0 Å². The summed E-state index contributed by atoms with van der Waals surface area (Å²) >= 11 is 3.67. The minimum atomic E-state index is 0. The Hall–Kier alpha value is -12.9. The number of hydrogen-bond donors (Lipinski definition) is 2. The number of carbonyl (C=O) groups is 1. The summed E-state index contributed by atoms with van der Waals surface area (Å²) in [7, 11) is 0. The molecule has 1 aliphatic carbocycles. The molecule has 20 rings (SSSR count). The van der Waals surface area contributed by atoms with Crippen molar-refractivity contribution in [3.8, 4) is 33.4 Å². The average molecular weight is 1630 g/mol. The van der Waals surface area contributed by atoms with Gasteiger partial charge >= 0.3 is 0 Å². The zero-order valence-electron chi connectivity index (χ0n) is 64.1. The van der Waals surface area contributed by atoms with E-state index in [1.807, 2.05) is 79.7 Å². The summed E-state index contributed by atoms with van der Waals surface area (Å²) in [6.07, 6.45) is 3.40. The van der Waals surface area contributed by atoms with E-state index < -0.39 is 0 Å². The number of nitrogens with two attached hydrogens (primary N) is 1. The van der Waals surface area contributed by atoms with Crippen molar-refractivity contribution in [3.05, 3.63) is 438 Å². The maximum Gasteiger partial charge on any atom is 0.129 e. The molecule has 554 valence electrons. The zero-order valence-corrected chi connectivity index (χ0v) is 67.2. The third kappa shape index (κ3) is 16.3. The van der Waals surface area contributed by atoms with Crippen LogP contribution in [0.3, 0.4) is 0 Å². The number of hydrazone groups is 1. The molecule has 0 spiro atoms. The van der Waals surface area contributed by atoms with Gasteiger partial charge in [-0.3, -0.25) is 5.43 Å². The van der Waals surface area contributed by atoms with E-state index in [9.17, 15) is 4.79 Å². The van der Waals surface area contributed by atoms with Crippen LogP contribution in [0.4, 0.5) is 5.69 Å². The minimum absolute atomic E-state index is 0. The maximum atomic E-state index is 9.81. The molecule has 0 fully saturated rings. The van der Waals surface area contributed by atoms with E-state index in [1.54, 1.807) is 13.1 Å². The van der Waals surface area contributed by atoms with Gasteiger partial charge in [-0.25, -0.2) is 0 Å². The number of nitrogens with zero attached hydrogens (tertiary/aromatic N) is 1. The first kappa shape index (κ1) is 76.4. The van der Waals surface area contributed by atoms with Crippen LogP contribution in [0.25, 0.3) is 141 Å².